The second kappa shape index (κ2) is 6.18. The minimum Gasteiger partial charge on any atom is -0.507 e. The summed E-state index contributed by atoms with van der Waals surface area (Å²) in [6, 6.07) is 13.4. The van der Waals surface area contributed by atoms with Gasteiger partial charge in [0, 0.05) is 21.6 Å². The molecule has 0 saturated carbocycles. The molecular weight excluding hydrogens is 408 g/mol. The van der Waals surface area contributed by atoms with Crippen LogP contribution < -0.4 is 0 Å². The highest BCUT2D eigenvalue weighted by atomic mass is 79.9. The molecule has 0 radical (unpaired) electrons. The van der Waals surface area contributed by atoms with E-state index in [0.717, 1.165) is 25.4 Å². The van der Waals surface area contributed by atoms with Crippen LogP contribution in [0.1, 0.15) is 11.3 Å². The average molecular weight is 420 g/mol. The zero-order chi connectivity index (χ0) is 15.7. The maximum atomic E-state index is 10.4. The van der Waals surface area contributed by atoms with Gasteiger partial charge in [-0.1, -0.05) is 30.3 Å². The van der Waals surface area contributed by atoms with E-state index in [9.17, 15) is 5.11 Å². The van der Waals surface area contributed by atoms with Gasteiger partial charge in [0.25, 0.3) is 0 Å². The maximum Gasteiger partial charge on any atom is 0.166 e. The van der Waals surface area contributed by atoms with E-state index >= 15 is 0 Å². The van der Waals surface area contributed by atoms with Crippen LogP contribution in [0.4, 0.5) is 5.82 Å². The van der Waals surface area contributed by atoms with Crippen molar-refractivity contribution in [2.75, 3.05) is 0 Å². The summed E-state index contributed by atoms with van der Waals surface area (Å²) < 4.78 is 1.72. The van der Waals surface area contributed by atoms with Crippen molar-refractivity contribution in [3.05, 3.63) is 62.7 Å². The van der Waals surface area contributed by atoms with E-state index in [1.807, 2.05) is 49.4 Å². The second-order valence-corrected chi connectivity index (χ2v) is 6.55. The monoisotopic (exact) mass is 418 g/mol. The fourth-order valence-corrected chi connectivity index (χ4v) is 3.19. The van der Waals surface area contributed by atoms with Gasteiger partial charge in [-0.3, -0.25) is 0 Å². The van der Waals surface area contributed by atoms with Gasteiger partial charge >= 0.3 is 0 Å². The van der Waals surface area contributed by atoms with Crippen molar-refractivity contribution in [3.8, 4) is 5.75 Å². The molecule has 0 unspecified atom stereocenters. The Morgan fingerprint density at radius 2 is 1.86 bits per heavy atom. The van der Waals surface area contributed by atoms with Gasteiger partial charge in [-0.25, -0.2) is 9.98 Å². The Kier molecular flexibility index (Phi) is 4.27. The third-order valence-corrected chi connectivity index (χ3v) is 4.73. The summed E-state index contributed by atoms with van der Waals surface area (Å²) in [6.07, 6.45) is 1.63. The molecule has 22 heavy (non-hydrogen) atoms. The van der Waals surface area contributed by atoms with E-state index in [-0.39, 0.29) is 5.75 Å². The molecule has 0 aliphatic carbocycles. The quantitative estimate of drug-likeness (QED) is 0.555. The fourth-order valence-electron chi connectivity index (χ4n) is 2.14. The number of phenols is 1. The van der Waals surface area contributed by atoms with E-state index in [0.29, 0.717) is 11.4 Å². The van der Waals surface area contributed by atoms with E-state index in [4.69, 9.17) is 0 Å². The number of phenolic OH excluding ortho intramolecular Hbond substituents is 1. The van der Waals surface area contributed by atoms with E-state index < -0.39 is 0 Å². The van der Waals surface area contributed by atoms with Crippen LogP contribution >= 0.6 is 31.9 Å². The van der Waals surface area contributed by atoms with Gasteiger partial charge < -0.3 is 5.11 Å². The molecule has 1 heterocycles. The molecule has 0 aliphatic rings. The van der Waals surface area contributed by atoms with Crippen molar-refractivity contribution in [3.63, 3.8) is 0 Å². The van der Waals surface area contributed by atoms with Crippen LogP contribution in [0, 0.1) is 6.92 Å². The Balaban J connectivity index is 2.03. The van der Waals surface area contributed by atoms with Crippen LogP contribution in [-0.2, 0) is 0 Å². The Morgan fingerprint density at radius 3 is 2.68 bits per heavy atom. The SMILES string of the molecule is Cc1nc(N=Cc2ccc3ccccc3c2O)c(Br)cc1Br. The summed E-state index contributed by atoms with van der Waals surface area (Å²) >= 11 is 6.87. The van der Waals surface area contributed by atoms with E-state index in [2.05, 4.69) is 41.8 Å². The minimum atomic E-state index is 0.229. The number of aliphatic imine (C=N–C) groups is 1. The first-order valence-electron chi connectivity index (χ1n) is 6.63. The summed E-state index contributed by atoms with van der Waals surface area (Å²) in [5.74, 6) is 0.806. The molecule has 0 bridgehead atoms. The van der Waals surface area contributed by atoms with Crippen LogP contribution in [0.3, 0.4) is 0 Å². The molecule has 2 aromatic carbocycles. The smallest absolute Gasteiger partial charge is 0.166 e. The van der Waals surface area contributed by atoms with Crippen molar-refractivity contribution in [2.24, 2.45) is 4.99 Å². The lowest BCUT2D eigenvalue weighted by Crippen LogP contribution is -1.87. The van der Waals surface area contributed by atoms with Crippen LogP contribution in [0.5, 0.6) is 5.75 Å². The molecule has 0 spiro atoms. The lowest BCUT2D eigenvalue weighted by molar-refractivity contribution is 0.481. The van der Waals surface area contributed by atoms with E-state index in [1.165, 1.54) is 0 Å². The molecule has 0 aliphatic heterocycles. The number of rotatable bonds is 2. The largest absolute Gasteiger partial charge is 0.507 e. The molecule has 3 nitrogen and oxygen atoms in total. The number of hydrogen-bond acceptors (Lipinski definition) is 3. The fraction of sp³-hybridized carbons (Fsp3) is 0.0588. The highest BCUT2D eigenvalue weighted by molar-refractivity contribution is 9.11. The Morgan fingerprint density at radius 1 is 1.09 bits per heavy atom. The highest BCUT2D eigenvalue weighted by Crippen LogP contribution is 2.30. The van der Waals surface area contributed by atoms with Gasteiger partial charge in [-0.2, -0.15) is 0 Å². The number of benzene rings is 2. The molecule has 1 aromatic heterocycles. The molecule has 3 rings (SSSR count). The summed E-state index contributed by atoms with van der Waals surface area (Å²) in [4.78, 5) is 8.79. The molecule has 1 N–H and O–H groups in total. The van der Waals surface area contributed by atoms with Gasteiger partial charge in [0.2, 0.25) is 0 Å². The molecule has 0 atom stereocenters. The molecule has 0 fully saturated rings. The summed E-state index contributed by atoms with van der Waals surface area (Å²) in [5.41, 5.74) is 1.52. The number of nitrogens with zero attached hydrogens (tertiary/aromatic N) is 2. The Hall–Kier alpha value is -1.72. The van der Waals surface area contributed by atoms with E-state index in [1.54, 1.807) is 6.21 Å². The average Bonchev–Trinajstić information content (AvgIpc) is 2.51. The lowest BCUT2D eigenvalue weighted by atomic mass is 10.1. The normalized spacial score (nSPS) is 11.4. The van der Waals surface area contributed by atoms with Crippen LogP contribution in [0.2, 0.25) is 0 Å². The third-order valence-electron chi connectivity index (χ3n) is 3.34. The summed E-state index contributed by atoms with van der Waals surface area (Å²) in [5, 5.41) is 12.2. The minimum absolute atomic E-state index is 0.229. The first kappa shape index (κ1) is 15.2. The lowest BCUT2D eigenvalue weighted by Gasteiger charge is -2.05. The van der Waals surface area contributed by atoms with Crippen molar-refractivity contribution < 1.29 is 5.11 Å². The Labute approximate surface area is 145 Å². The van der Waals surface area contributed by atoms with Crippen LogP contribution in [0.25, 0.3) is 10.8 Å². The molecule has 0 amide bonds. The highest BCUT2D eigenvalue weighted by Gasteiger charge is 2.06. The summed E-state index contributed by atoms with van der Waals surface area (Å²) in [7, 11) is 0. The first-order chi connectivity index (χ1) is 10.6. The zero-order valence-corrected chi connectivity index (χ0v) is 14.9. The topological polar surface area (TPSA) is 45.5 Å². The maximum absolute atomic E-state index is 10.4. The van der Waals surface area contributed by atoms with Crippen molar-refractivity contribution in [1.82, 2.24) is 4.98 Å². The predicted molar refractivity (Wildman–Crippen MR) is 97.2 cm³/mol. The van der Waals surface area contributed by atoms with Gasteiger partial charge in [0.05, 0.1) is 10.2 Å². The predicted octanol–water partition coefficient (Wildman–Crippen LogP) is 5.52. The summed E-state index contributed by atoms with van der Waals surface area (Å²) in [6.45, 7) is 1.91. The third kappa shape index (κ3) is 2.91. The first-order valence-corrected chi connectivity index (χ1v) is 8.22. The molecule has 5 heteroatoms. The van der Waals surface area contributed by atoms with Crippen LogP contribution in [0.15, 0.2) is 56.4 Å². The standard InChI is InChI=1S/C17H12Br2N2O/c1-10-14(18)8-15(19)17(21-10)20-9-12-7-6-11-4-2-3-5-13(11)16(12)22/h2-9,22H,1H3. The zero-order valence-electron chi connectivity index (χ0n) is 11.7. The van der Waals surface area contributed by atoms with Crippen molar-refractivity contribution in [1.29, 1.82) is 0 Å². The second-order valence-electron chi connectivity index (χ2n) is 4.84. The van der Waals surface area contributed by atoms with Gasteiger partial charge in [-0.05, 0) is 56.3 Å². The van der Waals surface area contributed by atoms with Crippen LogP contribution in [-0.4, -0.2) is 16.3 Å². The molecule has 110 valence electrons. The Bertz CT molecular complexity index is 891. The number of aromatic nitrogens is 1. The molecular formula is C17H12Br2N2O. The number of pyridine rings is 1. The molecule has 0 saturated heterocycles. The number of hydrogen-bond donors (Lipinski definition) is 1. The number of fused-ring (bicyclic) bond motifs is 1. The number of aryl methyl sites for hydroxylation is 1. The van der Waals surface area contributed by atoms with Gasteiger partial charge in [0.1, 0.15) is 5.75 Å². The van der Waals surface area contributed by atoms with Crippen molar-refractivity contribution in [2.45, 2.75) is 6.92 Å². The number of aromatic hydroxyl groups is 1. The van der Waals surface area contributed by atoms with Gasteiger partial charge in [0.15, 0.2) is 5.82 Å². The molecule has 3 aromatic rings. The number of halogens is 2. The van der Waals surface area contributed by atoms with Crippen molar-refractivity contribution >= 4 is 54.7 Å². The van der Waals surface area contributed by atoms with Gasteiger partial charge in [-0.15, -0.1) is 0 Å².